The van der Waals surface area contributed by atoms with Crippen LogP contribution in [0, 0.1) is 6.92 Å². The lowest BCUT2D eigenvalue weighted by molar-refractivity contribution is 0.0600. The summed E-state index contributed by atoms with van der Waals surface area (Å²) in [7, 11) is 1.33. The van der Waals surface area contributed by atoms with Crippen LogP contribution < -0.4 is 5.43 Å². The number of esters is 1. The highest BCUT2D eigenvalue weighted by Gasteiger charge is 2.09. The van der Waals surface area contributed by atoms with Crippen molar-refractivity contribution in [2.24, 2.45) is 5.10 Å². The molecule has 7 nitrogen and oxygen atoms in total. The number of amides is 1. The van der Waals surface area contributed by atoms with Crippen LogP contribution in [-0.2, 0) is 4.74 Å². The van der Waals surface area contributed by atoms with Crippen molar-refractivity contribution < 1.29 is 23.2 Å². The Balaban J connectivity index is 1.64. The summed E-state index contributed by atoms with van der Waals surface area (Å²) < 4.78 is 15.5. The number of methoxy groups -OCH3 is 1. The van der Waals surface area contributed by atoms with Crippen molar-refractivity contribution in [3.05, 3.63) is 71.4 Å². The highest BCUT2D eigenvalue weighted by molar-refractivity contribution is 5.92. The summed E-state index contributed by atoms with van der Waals surface area (Å²) in [6.07, 6.45) is 1.39. The number of hydrogen-bond acceptors (Lipinski definition) is 6. The first-order valence-electron chi connectivity index (χ1n) is 7.75. The van der Waals surface area contributed by atoms with E-state index in [9.17, 15) is 9.59 Å². The molecule has 0 aliphatic heterocycles. The molecular weight excluding hydrogens is 336 g/mol. The van der Waals surface area contributed by atoms with Crippen LogP contribution in [0.15, 0.2) is 62.5 Å². The first-order chi connectivity index (χ1) is 12.6. The SMILES string of the molecule is COC(=O)c1ccc(-c2ccc(C=NNC(=O)c3ccc(C)o3)o2)cc1. The highest BCUT2D eigenvalue weighted by atomic mass is 16.5. The molecule has 0 saturated heterocycles. The van der Waals surface area contributed by atoms with E-state index in [-0.39, 0.29) is 5.76 Å². The Bertz CT molecular complexity index is 950. The number of ether oxygens (including phenoxy) is 1. The molecule has 0 unspecified atom stereocenters. The number of nitrogens with zero attached hydrogens (tertiary/aromatic N) is 1. The maximum absolute atomic E-state index is 11.8. The van der Waals surface area contributed by atoms with Gasteiger partial charge in [-0.1, -0.05) is 12.1 Å². The second-order valence-electron chi connectivity index (χ2n) is 5.38. The summed E-state index contributed by atoms with van der Waals surface area (Å²) in [4.78, 5) is 23.2. The number of hydrazone groups is 1. The molecule has 1 N–H and O–H groups in total. The van der Waals surface area contributed by atoms with Gasteiger partial charge in [0.15, 0.2) is 5.76 Å². The fraction of sp³-hybridized carbons (Fsp3) is 0.105. The maximum atomic E-state index is 11.8. The summed E-state index contributed by atoms with van der Waals surface area (Å²) in [5, 5.41) is 3.84. The summed E-state index contributed by atoms with van der Waals surface area (Å²) in [5.41, 5.74) is 3.62. The van der Waals surface area contributed by atoms with Crippen LogP contribution in [0.4, 0.5) is 0 Å². The van der Waals surface area contributed by atoms with Crippen LogP contribution >= 0.6 is 0 Å². The third kappa shape index (κ3) is 3.89. The van der Waals surface area contributed by atoms with Crippen molar-refractivity contribution >= 4 is 18.1 Å². The Morgan fingerprint density at radius 2 is 1.81 bits per heavy atom. The smallest absolute Gasteiger partial charge is 0.337 e. The molecule has 0 radical (unpaired) electrons. The van der Waals surface area contributed by atoms with E-state index in [1.54, 1.807) is 55.5 Å². The van der Waals surface area contributed by atoms with Crippen LogP contribution in [0.1, 0.15) is 32.4 Å². The van der Waals surface area contributed by atoms with Crippen LogP contribution in [0.3, 0.4) is 0 Å². The number of rotatable bonds is 5. The molecule has 0 spiro atoms. The number of hydrogen-bond donors (Lipinski definition) is 1. The zero-order valence-electron chi connectivity index (χ0n) is 14.2. The third-order valence-electron chi connectivity index (χ3n) is 3.54. The zero-order valence-corrected chi connectivity index (χ0v) is 14.2. The van der Waals surface area contributed by atoms with Crippen molar-refractivity contribution in [2.45, 2.75) is 6.92 Å². The lowest BCUT2D eigenvalue weighted by Gasteiger charge is -2.00. The Labute approximate surface area is 149 Å². The molecule has 3 aromatic rings. The quantitative estimate of drug-likeness (QED) is 0.431. The number of nitrogens with one attached hydrogen (secondary N) is 1. The van der Waals surface area contributed by atoms with Gasteiger partial charge < -0.3 is 13.6 Å². The van der Waals surface area contributed by atoms with Crippen LogP contribution in [0.25, 0.3) is 11.3 Å². The minimum absolute atomic E-state index is 0.186. The van der Waals surface area contributed by atoms with Crippen molar-refractivity contribution in [3.8, 4) is 11.3 Å². The van der Waals surface area contributed by atoms with Crippen molar-refractivity contribution in [1.82, 2.24) is 5.43 Å². The molecule has 3 rings (SSSR count). The largest absolute Gasteiger partial charge is 0.465 e. The van der Waals surface area contributed by atoms with E-state index in [4.69, 9.17) is 8.83 Å². The Kier molecular flexibility index (Phi) is 4.98. The molecule has 7 heteroatoms. The van der Waals surface area contributed by atoms with E-state index >= 15 is 0 Å². The first-order valence-corrected chi connectivity index (χ1v) is 7.75. The highest BCUT2D eigenvalue weighted by Crippen LogP contribution is 2.22. The molecule has 1 amide bonds. The number of carbonyl (C=O) groups excluding carboxylic acids is 2. The monoisotopic (exact) mass is 352 g/mol. The molecule has 0 atom stereocenters. The Morgan fingerprint density at radius 1 is 1.04 bits per heavy atom. The van der Waals surface area contributed by atoms with Crippen LogP contribution in [-0.4, -0.2) is 25.2 Å². The van der Waals surface area contributed by atoms with Gasteiger partial charge >= 0.3 is 11.9 Å². The van der Waals surface area contributed by atoms with Gasteiger partial charge in [-0.25, -0.2) is 10.2 Å². The number of carbonyl (C=O) groups is 2. The summed E-state index contributed by atoms with van der Waals surface area (Å²) in [6, 6.07) is 13.6. The molecule has 0 fully saturated rings. The van der Waals surface area contributed by atoms with E-state index in [0.29, 0.717) is 22.8 Å². The molecule has 0 bridgehead atoms. The van der Waals surface area contributed by atoms with Gasteiger partial charge in [0.2, 0.25) is 0 Å². The van der Waals surface area contributed by atoms with Gasteiger partial charge in [-0.05, 0) is 43.3 Å². The normalized spacial score (nSPS) is 10.8. The average Bonchev–Trinajstić information content (AvgIpc) is 3.30. The predicted octanol–water partition coefficient (Wildman–Crippen LogP) is 3.40. The molecule has 1 aromatic carbocycles. The van der Waals surface area contributed by atoms with E-state index < -0.39 is 11.9 Å². The molecule has 0 aliphatic rings. The van der Waals surface area contributed by atoms with Gasteiger partial charge in [-0.3, -0.25) is 4.79 Å². The van der Waals surface area contributed by atoms with Gasteiger partial charge in [0.1, 0.15) is 17.3 Å². The first kappa shape index (κ1) is 17.2. The molecule has 132 valence electrons. The lowest BCUT2D eigenvalue weighted by Crippen LogP contribution is -2.16. The Hall–Kier alpha value is -3.61. The maximum Gasteiger partial charge on any atom is 0.337 e. The summed E-state index contributed by atoms with van der Waals surface area (Å²) in [5.74, 6) is 1.06. The number of furan rings is 2. The number of aryl methyl sites for hydroxylation is 1. The fourth-order valence-corrected chi connectivity index (χ4v) is 2.23. The van der Waals surface area contributed by atoms with Crippen molar-refractivity contribution in [2.75, 3.05) is 7.11 Å². The molecule has 26 heavy (non-hydrogen) atoms. The minimum atomic E-state index is -0.445. The second kappa shape index (κ2) is 7.52. The van der Waals surface area contributed by atoms with Gasteiger partial charge in [0.25, 0.3) is 0 Å². The fourth-order valence-electron chi connectivity index (χ4n) is 2.23. The summed E-state index contributed by atoms with van der Waals surface area (Å²) in [6.45, 7) is 1.75. The van der Waals surface area contributed by atoms with Crippen LogP contribution in [0.2, 0.25) is 0 Å². The summed E-state index contributed by atoms with van der Waals surface area (Å²) >= 11 is 0. The minimum Gasteiger partial charge on any atom is -0.465 e. The van der Waals surface area contributed by atoms with Gasteiger partial charge in [0.05, 0.1) is 18.9 Å². The standard InChI is InChI=1S/C19H16N2O5/c1-12-3-9-17(25-12)18(22)21-20-11-15-8-10-16(26-15)13-4-6-14(7-5-13)19(23)24-2/h3-11H,1-2H3,(H,21,22). The second-order valence-corrected chi connectivity index (χ2v) is 5.38. The molecular formula is C19H16N2O5. The van der Waals surface area contributed by atoms with Gasteiger partial charge in [0, 0.05) is 5.56 Å². The number of benzene rings is 1. The van der Waals surface area contributed by atoms with Crippen molar-refractivity contribution in [3.63, 3.8) is 0 Å². The zero-order chi connectivity index (χ0) is 18.5. The van der Waals surface area contributed by atoms with E-state index in [0.717, 1.165) is 5.56 Å². The van der Waals surface area contributed by atoms with Gasteiger partial charge in [-0.15, -0.1) is 0 Å². The molecule has 0 saturated carbocycles. The molecule has 2 aromatic heterocycles. The van der Waals surface area contributed by atoms with E-state index in [1.807, 2.05) is 0 Å². The molecule has 0 aliphatic carbocycles. The third-order valence-corrected chi connectivity index (χ3v) is 3.54. The molecule has 2 heterocycles. The predicted molar refractivity (Wildman–Crippen MR) is 94.0 cm³/mol. The lowest BCUT2D eigenvalue weighted by atomic mass is 10.1. The topological polar surface area (TPSA) is 94.0 Å². The average molecular weight is 352 g/mol. The van der Waals surface area contributed by atoms with Crippen LogP contribution in [0.5, 0.6) is 0 Å². The van der Waals surface area contributed by atoms with Crippen molar-refractivity contribution in [1.29, 1.82) is 0 Å². The van der Waals surface area contributed by atoms with E-state index in [1.165, 1.54) is 13.3 Å². The Morgan fingerprint density at radius 3 is 2.46 bits per heavy atom. The van der Waals surface area contributed by atoms with E-state index in [2.05, 4.69) is 15.3 Å². The van der Waals surface area contributed by atoms with Gasteiger partial charge in [-0.2, -0.15) is 5.10 Å².